The Bertz CT molecular complexity index is 201. The summed E-state index contributed by atoms with van der Waals surface area (Å²) in [4.78, 5) is 3.74. The second-order valence-corrected chi connectivity index (χ2v) is 2.03. The number of nitrogens with zero attached hydrogens (tertiary/aromatic N) is 3. The van der Waals surface area contributed by atoms with Crippen LogP contribution in [0.25, 0.3) is 5.43 Å². The summed E-state index contributed by atoms with van der Waals surface area (Å²) in [6.45, 7) is 0. The Balaban J connectivity index is 2.64. The Hall–Kier alpha value is -0.860. The number of hydrogen-bond donors (Lipinski definition) is 1. The Labute approximate surface area is 60.6 Å². The lowest BCUT2D eigenvalue weighted by atomic mass is 10.8. The quantitative estimate of drug-likeness (QED) is 0.417. The highest BCUT2D eigenvalue weighted by Gasteiger charge is 1.99. The SMILES string of the molecule is N#C[NH+]1C=CN=C(Br)[N-]1. The number of quaternary nitrogens is 1. The van der Waals surface area contributed by atoms with Crippen LogP contribution in [0.4, 0.5) is 0 Å². The maximum Gasteiger partial charge on any atom is 0.323 e. The van der Waals surface area contributed by atoms with Gasteiger partial charge in [-0.05, 0) is 6.20 Å². The number of nitriles is 1. The first-order valence-electron chi connectivity index (χ1n) is 2.21. The van der Waals surface area contributed by atoms with Crippen molar-refractivity contribution in [2.75, 3.05) is 0 Å². The van der Waals surface area contributed by atoms with E-state index >= 15 is 0 Å². The lowest BCUT2D eigenvalue weighted by Gasteiger charge is -2.15. The fourth-order valence-corrected chi connectivity index (χ4v) is 0.706. The van der Waals surface area contributed by atoms with Gasteiger partial charge in [0.05, 0.1) is 0 Å². The average molecular weight is 187 g/mol. The highest BCUT2D eigenvalue weighted by atomic mass is 79.9. The van der Waals surface area contributed by atoms with Gasteiger partial charge in [-0.2, -0.15) is 5.01 Å². The van der Waals surface area contributed by atoms with Crippen LogP contribution in [0, 0.1) is 11.5 Å². The topological polar surface area (TPSA) is 54.7 Å². The molecule has 0 fully saturated rings. The first-order chi connectivity index (χ1) is 4.33. The predicted octanol–water partition coefficient (Wildman–Crippen LogP) is -0.123. The van der Waals surface area contributed by atoms with Gasteiger partial charge in [-0.1, -0.05) is 15.9 Å². The largest absolute Gasteiger partial charge is 0.428 e. The molecule has 1 N–H and O–H groups in total. The minimum atomic E-state index is 0.372. The lowest BCUT2D eigenvalue weighted by molar-refractivity contribution is -0.724. The van der Waals surface area contributed by atoms with Gasteiger partial charge in [-0.25, -0.2) is 0 Å². The zero-order valence-electron chi connectivity index (χ0n) is 4.37. The minimum absolute atomic E-state index is 0.372. The third-order valence-electron chi connectivity index (χ3n) is 0.741. The highest BCUT2D eigenvalue weighted by Crippen LogP contribution is 1.96. The lowest BCUT2D eigenvalue weighted by Crippen LogP contribution is -2.99. The number of halogens is 1. The molecule has 0 saturated heterocycles. The van der Waals surface area contributed by atoms with E-state index in [9.17, 15) is 0 Å². The Morgan fingerprint density at radius 2 is 2.67 bits per heavy atom. The molecule has 0 aliphatic carbocycles. The van der Waals surface area contributed by atoms with Crippen LogP contribution in [0.2, 0.25) is 0 Å². The van der Waals surface area contributed by atoms with Crippen LogP contribution in [0.5, 0.6) is 0 Å². The van der Waals surface area contributed by atoms with Crippen LogP contribution >= 0.6 is 15.9 Å². The summed E-state index contributed by atoms with van der Waals surface area (Å²) in [7, 11) is 0. The molecule has 4 nitrogen and oxygen atoms in total. The first-order valence-corrected chi connectivity index (χ1v) is 3.01. The maximum absolute atomic E-state index is 8.30. The van der Waals surface area contributed by atoms with Crippen molar-refractivity contribution in [2.24, 2.45) is 4.99 Å². The summed E-state index contributed by atoms with van der Waals surface area (Å²) in [5.74, 6) is 0. The minimum Gasteiger partial charge on any atom is -0.428 e. The molecule has 1 atom stereocenters. The molecule has 5 heteroatoms. The second-order valence-electron chi connectivity index (χ2n) is 1.32. The van der Waals surface area contributed by atoms with Crippen molar-refractivity contribution < 1.29 is 5.01 Å². The summed E-state index contributed by atoms with van der Waals surface area (Å²) in [5, 5.41) is 8.67. The first kappa shape index (κ1) is 6.26. The smallest absolute Gasteiger partial charge is 0.323 e. The van der Waals surface area contributed by atoms with Gasteiger partial charge in [0.15, 0.2) is 0 Å². The molecule has 9 heavy (non-hydrogen) atoms. The molecule has 0 aromatic heterocycles. The third kappa shape index (κ3) is 1.52. The van der Waals surface area contributed by atoms with Gasteiger partial charge in [-0.3, -0.25) is 5.43 Å². The van der Waals surface area contributed by atoms with E-state index in [0.717, 1.165) is 0 Å². The molecule has 0 spiro atoms. The van der Waals surface area contributed by atoms with E-state index in [1.54, 1.807) is 6.20 Å². The molecular formula is C4H3BrN4. The van der Waals surface area contributed by atoms with Gasteiger partial charge < -0.3 is 4.99 Å². The zero-order chi connectivity index (χ0) is 6.69. The van der Waals surface area contributed by atoms with Crippen molar-refractivity contribution in [3.63, 3.8) is 0 Å². The molecule has 0 radical (unpaired) electrons. The van der Waals surface area contributed by atoms with Crippen LogP contribution < -0.4 is 5.01 Å². The summed E-state index contributed by atoms with van der Waals surface area (Å²) in [6, 6.07) is 0. The van der Waals surface area contributed by atoms with E-state index in [1.165, 1.54) is 6.20 Å². The van der Waals surface area contributed by atoms with E-state index in [4.69, 9.17) is 5.26 Å². The molecule has 1 aliphatic rings. The molecule has 0 saturated carbocycles. The van der Waals surface area contributed by atoms with Gasteiger partial charge in [0, 0.05) is 4.74 Å². The van der Waals surface area contributed by atoms with E-state index in [2.05, 4.69) is 26.3 Å². The number of amidine groups is 1. The zero-order valence-corrected chi connectivity index (χ0v) is 5.96. The van der Waals surface area contributed by atoms with Crippen molar-refractivity contribution >= 4 is 20.7 Å². The number of rotatable bonds is 0. The number of nitrogens with one attached hydrogen (secondary N) is 1. The van der Waals surface area contributed by atoms with Crippen LogP contribution in [0.3, 0.4) is 0 Å². The number of hydrogen-bond acceptors (Lipinski definition) is 2. The van der Waals surface area contributed by atoms with E-state index in [1.807, 2.05) is 6.19 Å². The van der Waals surface area contributed by atoms with Gasteiger partial charge in [0.25, 0.3) is 0 Å². The number of aliphatic imine (C=N–C) groups is 1. The predicted molar refractivity (Wildman–Crippen MR) is 35.4 cm³/mol. The normalized spacial score (nSPS) is 24.0. The monoisotopic (exact) mass is 186 g/mol. The molecule has 1 rings (SSSR count). The van der Waals surface area contributed by atoms with Crippen molar-refractivity contribution in [3.8, 4) is 6.19 Å². The maximum atomic E-state index is 8.30. The Kier molecular flexibility index (Phi) is 1.82. The molecule has 0 aromatic rings. The van der Waals surface area contributed by atoms with Crippen molar-refractivity contribution in [2.45, 2.75) is 0 Å². The molecule has 0 aromatic carbocycles. The second kappa shape index (κ2) is 2.62. The molecule has 46 valence electrons. The molecule has 0 bridgehead atoms. The van der Waals surface area contributed by atoms with E-state index in [-0.39, 0.29) is 0 Å². The molecular weight excluding hydrogens is 184 g/mol. The standard InChI is InChI=1S/C4H3BrN4/c5-4-7-1-2-9(3-6)8-4/h1-2,9H. The molecule has 1 heterocycles. The highest BCUT2D eigenvalue weighted by molar-refractivity contribution is 9.18. The third-order valence-corrected chi connectivity index (χ3v) is 1.12. The fourth-order valence-electron chi connectivity index (χ4n) is 0.397. The van der Waals surface area contributed by atoms with Crippen LogP contribution in [0.15, 0.2) is 17.4 Å². The van der Waals surface area contributed by atoms with Crippen molar-refractivity contribution in [3.05, 3.63) is 17.8 Å². The van der Waals surface area contributed by atoms with Gasteiger partial charge in [0.2, 0.25) is 0 Å². The summed E-state index contributed by atoms with van der Waals surface area (Å²) in [6.07, 6.45) is 4.96. The molecule has 0 amide bonds. The van der Waals surface area contributed by atoms with E-state index < -0.39 is 0 Å². The van der Waals surface area contributed by atoms with Gasteiger partial charge in [-0.15, -0.1) is 5.26 Å². The Morgan fingerprint density at radius 3 is 3.11 bits per heavy atom. The van der Waals surface area contributed by atoms with Crippen LogP contribution in [-0.4, -0.2) is 4.74 Å². The van der Waals surface area contributed by atoms with Gasteiger partial charge >= 0.3 is 6.19 Å². The molecule has 1 aliphatic heterocycles. The molecule has 1 unspecified atom stereocenters. The van der Waals surface area contributed by atoms with Crippen LogP contribution in [0.1, 0.15) is 0 Å². The van der Waals surface area contributed by atoms with Crippen molar-refractivity contribution in [1.82, 2.24) is 0 Å². The fraction of sp³-hybridized carbons (Fsp3) is 0. The summed E-state index contributed by atoms with van der Waals surface area (Å²) >= 11 is 3.03. The van der Waals surface area contributed by atoms with Crippen LogP contribution in [-0.2, 0) is 0 Å². The Morgan fingerprint density at radius 1 is 1.89 bits per heavy atom. The summed E-state index contributed by atoms with van der Waals surface area (Å²) in [5.41, 5.74) is 3.74. The summed E-state index contributed by atoms with van der Waals surface area (Å²) < 4.78 is 0.446. The van der Waals surface area contributed by atoms with Gasteiger partial charge in [0.1, 0.15) is 6.20 Å². The van der Waals surface area contributed by atoms with E-state index in [0.29, 0.717) is 9.75 Å². The van der Waals surface area contributed by atoms with Crippen molar-refractivity contribution in [1.29, 1.82) is 5.26 Å². The average Bonchev–Trinajstić information content (AvgIpc) is 1.88.